The van der Waals surface area contributed by atoms with Gasteiger partial charge in [0, 0.05) is 0 Å². The van der Waals surface area contributed by atoms with Crippen molar-refractivity contribution in [2.75, 3.05) is 6.61 Å². The zero-order valence-corrected chi connectivity index (χ0v) is 16.2. The van der Waals surface area contributed by atoms with E-state index in [0.717, 1.165) is 12.8 Å². The van der Waals surface area contributed by atoms with Crippen molar-refractivity contribution >= 4 is 5.97 Å². The second kappa shape index (κ2) is 16.2. The number of esters is 1. The molecule has 0 N–H and O–H groups in total. The van der Waals surface area contributed by atoms with Crippen LogP contribution in [0.4, 0.5) is 0 Å². The molecule has 0 saturated heterocycles. The highest BCUT2D eigenvalue weighted by Gasteiger charge is 2.04. The number of carbonyl (C=O) groups is 1. The highest BCUT2D eigenvalue weighted by molar-refractivity contribution is 5.89. The summed E-state index contributed by atoms with van der Waals surface area (Å²) in [6, 6.07) is 9.87. The quantitative estimate of drug-likeness (QED) is 0.235. The Kier molecular flexibility index (Phi) is 14.1. The average molecular weight is 346 g/mol. The molecule has 0 saturated carbocycles. The third-order valence-electron chi connectivity index (χ3n) is 4.68. The van der Waals surface area contributed by atoms with E-state index in [0.29, 0.717) is 12.2 Å². The number of ether oxygens (including phenoxy) is 1. The molecular formula is C23H37O2. The lowest BCUT2D eigenvalue weighted by Crippen LogP contribution is -2.06. The molecule has 0 spiro atoms. The molecular weight excluding hydrogens is 308 g/mol. The molecule has 0 atom stereocenters. The molecule has 0 amide bonds. The van der Waals surface area contributed by atoms with Gasteiger partial charge < -0.3 is 4.74 Å². The second-order valence-corrected chi connectivity index (χ2v) is 7.02. The zero-order chi connectivity index (χ0) is 18.0. The minimum Gasteiger partial charge on any atom is -0.462 e. The summed E-state index contributed by atoms with van der Waals surface area (Å²) >= 11 is 0. The van der Waals surface area contributed by atoms with Crippen LogP contribution in [0, 0.1) is 6.07 Å². The summed E-state index contributed by atoms with van der Waals surface area (Å²) in [6.07, 6.45) is 18.7. The van der Waals surface area contributed by atoms with Gasteiger partial charge in [0.1, 0.15) is 0 Å². The first-order valence-electron chi connectivity index (χ1n) is 10.5. The Morgan fingerprint density at radius 1 is 0.760 bits per heavy atom. The van der Waals surface area contributed by atoms with Crippen molar-refractivity contribution < 1.29 is 9.53 Å². The topological polar surface area (TPSA) is 26.3 Å². The van der Waals surface area contributed by atoms with Crippen molar-refractivity contribution in [3.8, 4) is 0 Å². The Morgan fingerprint density at radius 3 is 1.68 bits per heavy atom. The molecule has 0 bridgehead atoms. The lowest BCUT2D eigenvalue weighted by Gasteiger charge is -2.05. The Morgan fingerprint density at radius 2 is 1.20 bits per heavy atom. The molecule has 0 aliphatic rings. The van der Waals surface area contributed by atoms with Crippen LogP contribution in [-0.4, -0.2) is 12.6 Å². The number of benzene rings is 1. The summed E-state index contributed by atoms with van der Waals surface area (Å²) in [7, 11) is 0. The van der Waals surface area contributed by atoms with Gasteiger partial charge in [-0.1, -0.05) is 103 Å². The van der Waals surface area contributed by atoms with E-state index >= 15 is 0 Å². The lowest BCUT2D eigenvalue weighted by atomic mass is 10.0. The highest BCUT2D eigenvalue weighted by Crippen LogP contribution is 2.13. The molecule has 141 valence electrons. The van der Waals surface area contributed by atoms with E-state index in [1.54, 1.807) is 24.3 Å². The highest BCUT2D eigenvalue weighted by atomic mass is 16.5. The van der Waals surface area contributed by atoms with E-state index in [2.05, 4.69) is 13.0 Å². The SMILES string of the molecule is CCCCCCCCCCCCCCCCOC(=O)c1cc[c]cc1. The number of rotatable bonds is 16. The van der Waals surface area contributed by atoms with E-state index in [-0.39, 0.29) is 5.97 Å². The van der Waals surface area contributed by atoms with E-state index in [4.69, 9.17) is 4.74 Å². The molecule has 0 fully saturated rings. The Hall–Kier alpha value is -1.31. The molecule has 2 heteroatoms. The minimum absolute atomic E-state index is 0.219. The predicted molar refractivity (Wildman–Crippen MR) is 106 cm³/mol. The van der Waals surface area contributed by atoms with Crippen LogP contribution in [0.5, 0.6) is 0 Å². The van der Waals surface area contributed by atoms with Crippen LogP contribution >= 0.6 is 0 Å². The van der Waals surface area contributed by atoms with Gasteiger partial charge in [-0.15, -0.1) is 0 Å². The van der Waals surface area contributed by atoms with Gasteiger partial charge in [-0.2, -0.15) is 0 Å². The molecule has 1 rings (SSSR count). The van der Waals surface area contributed by atoms with Crippen molar-refractivity contribution in [2.24, 2.45) is 0 Å². The molecule has 1 aromatic rings. The lowest BCUT2D eigenvalue weighted by molar-refractivity contribution is 0.0497. The fraction of sp³-hybridized carbons (Fsp3) is 0.696. The zero-order valence-electron chi connectivity index (χ0n) is 16.2. The average Bonchev–Trinajstić information content (AvgIpc) is 2.65. The van der Waals surface area contributed by atoms with Gasteiger partial charge in [0.2, 0.25) is 0 Å². The first kappa shape index (κ1) is 21.7. The van der Waals surface area contributed by atoms with Gasteiger partial charge in [0.05, 0.1) is 12.2 Å². The van der Waals surface area contributed by atoms with Crippen LogP contribution in [0.15, 0.2) is 24.3 Å². The van der Waals surface area contributed by atoms with Crippen LogP contribution in [0.2, 0.25) is 0 Å². The van der Waals surface area contributed by atoms with Crippen LogP contribution in [-0.2, 0) is 4.74 Å². The van der Waals surface area contributed by atoms with Gasteiger partial charge in [0.15, 0.2) is 0 Å². The summed E-state index contributed by atoms with van der Waals surface area (Å²) < 4.78 is 5.28. The molecule has 0 unspecified atom stereocenters. The summed E-state index contributed by atoms with van der Waals surface area (Å²) in [5.41, 5.74) is 0.615. The predicted octanol–water partition coefficient (Wildman–Crippen LogP) is 7.12. The van der Waals surface area contributed by atoms with Gasteiger partial charge in [-0.25, -0.2) is 4.79 Å². The van der Waals surface area contributed by atoms with E-state index in [9.17, 15) is 4.79 Å². The molecule has 2 nitrogen and oxygen atoms in total. The monoisotopic (exact) mass is 345 g/mol. The van der Waals surface area contributed by atoms with Crippen molar-refractivity contribution in [1.29, 1.82) is 0 Å². The van der Waals surface area contributed by atoms with Crippen LogP contribution in [0.1, 0.15) is 107 Å². The maximum atomic E-state index is 11.7. The fourth-order valence-electron chi connectivity index (χ4n) is 3.07. The van der Waals surface area contributed by atoms with Crippen LogP contribution in [0.3, 0.4) is 0 Å². The third kappa shape index (κ3) is 12.7. The first-order chi connectivity index (χ1) is 12.3. The molecule has 0 aliphatic carbocycles. The van der Waals surface area contributed by atoms with E-state index in [1.807, 2.05) is 0 Å². The fourth-order valence-corrected chi connectivity index (χ4v) is 3.07. The van der Waals surface area contributed by atoms with Crippen LogP contribution in [0.25, 0.3) is 0 Å². The third-order valence-corrected chi connectivity index (χ3v) is 4.68. The smallest absolute Gasteiger partial charge is 0.338 e. The van der Waals surface area contributed by atoms with Crippen molar-refractivity contribution in [3.63, 3.8) is 0 Å². The van der Waals surface area contributed by atoms with Crippen molar-refractivity contribution in [3.05, 3.63) is 35.9 Å². The molecule has 0 heterocycles. The first-order valence-corrected chi connectivity index (χ1v) is 10.5. The van der Waals surface area contributed by atoms with E-state index in [1.165, 1.54) is 77.0 Å². The van der Waals surface area contributed by atoms with Gasteiger partial charge >= 0.3 is 5.97 Å². The molecule has 0 aliphatic heterocycles. The van der Waals surface area contributed by atoms with E-state index < -0.39 is 0 Å². The molecule has 0 aromatic heterocycles. The number of hydrogen-bond donors (Lipinski definition) is 0. The minimum atomic E-state index is -0.219. The van der Waals surface area contributed by atoms with Gasteiger partial charge in [-0.3, -0.25) is 0 Å². The van der Waals surface area contributed by atoms with Gasteiger partial charge in [-0.05, 0) is 24.6 Å². The summed E-state index contributed by atoms with van der Waals surface area (Å²) in [5, 5.41) is 0. The Labute approximate surface area is 155 Å². The molecule has 25 heavy (non-hydrogen) atoms. The Balaban J connectivity index is 1.78. The van der Waals surface area contributed by atoms with Crippen LogP contribution < -0.4 is 0 Å². The molecule has 1 aromatic carbocycles. The number of unbranched alkanes of at least 4 members (excludes halogenated alkanes) is 13. The Bertz CT molecular complexity index is 413. The number of hydrogen-bond acceptors (Lipinski definition) is 2. The summed E-state index contributed by atoms with van der Waals surface area (Å²) in [6.45, 7) is 2.81. The maximum Gasteiger partial charge on any atom is 0.338 e. The second-order valence-electron chi connectivity index (χ2n) is 7.02. The summed E-state index contributed by atoms with van der Waals surface area (Å²) in [5.74, 6) is -0.219. The van der Waals surface area contributed by atoms with Gasteiger partial charge in [0.25, 0.3) is 0 Å². The standard InChI is InChI=1S/C23H37O2/c1-2-3-4-5-6-7-8-9-10-11-12-13-14-18-21-25-23(24)22-19-16-15-17-20-22/h16-17,19-20H,2-14,18,21H2,1H3. The summed E-state index contributed by atoms with van der Waals surface area (Å²) in [4.78, 5) is 11.7. The van der Waals surface area contributed by atoms with Crippen molar-refractivity contribution in [2.45, 2.75) is 96.8 Å². The van der Waals surface area contributed by atoms with Crippen molar-refractivity contribution in [1.82, 2.24) is 0 Å². The normalized spacial score (nSPS) is 10.8. The maximum absolute atomic E-state index is 11.7. The molecule has 1 radical (unpaired) electrons. The number of carbonyl (C=O) groups excluding carboxylic acids is 1. The largest absolute Gasteiger partial charge is 0.462 e.